The summed E-state index contributed by atoms with van der Waals surface area (Å²) in [6.45, 7) is 1.93. The lowest BCUT2D eigenvalue weighted by Crippen LogP contribution is -2.49. The average molecular weight is 524 g/mol. The number of non-ortho nitro benzene ring substituents is 1. The fraction of sp³-hybridized carbons (Fsp3) is 0.259. The van der Waals surface area contributed by atoms with Gasteiger partial charge in [-0.1, -0.05) is 24.3 Å². The minimum Gasteiger partial charge on any atom is -0.368 e. The molecule has 4 aromatic rings. The van der Waals surface area contributed by atoms with Crippen LogP contribution in [0.25, 0.3) is 5.65 Å². The maximum absolute atomic E-state index is 13.5. The highest BCUT2D eigenvalue weighted by molar-refractivity contribution is 5.78. The Morgan fingerprint density at radius 1 is 1.00 bits per heavy atom. The molecule has 0 N–H and O–H groups in total. The van der Waals surface area contributed by atoms with Crippen molar-refractivity contribution in [3.05, 3.63) is 106 Å². The molecule has 1 unspecified atom stereocenters. The Hall–Kier alpha value is -4.41. The second-order valence-corrected chi connectivity index (χ2v) is 9.13. The molecule has 3 heterocycles. The third kappa shape index (κ3) is 5.17. The smallest absolute Gasteiger partial charge is 0.368 e. The van der Waals surface area contributed by atoms with Crippen LogP contribution in [-0.4, -0.2) is 51.3 Å². The molecule has 1 saturated heterocycles. The molecule has 2 aromatic heterocycles. The number of carbonyl (C=O) groups is 1. The number of benzene rings is 2. The molecule has 0 saturated carbocycles. The molecule has 1 fully saturated rings. The first-order valence-electron chi connectivity index (χ1n) is 12.1. The van der Waals surface area contributed by atoms with Gasteiger partial charge in [0.25, 0.3) is 5.69 Å². The van der Waals surface area contributed by atoms with E-state index in [0.717, 1.165) is 17.8 Å². The summed E-state index contributed by atoms with van der Waals surface area (Å²) in [6, 6.07) is 16.8. The fourth-order valence-electron chi connectivity index (χ4n) is 4.84. The van der Waals surface area contributed by atoms with Crippen LogP contribution in [0.15, 0.2) is 79.1 Å². The lowest BCUT2D eigenvalue weighted by Gasteiger charge is -2.36. The zero-order valence-corrected chi connectivity index (χ0v) is 20.2. The number of nitro benzene ring substituents is 1. The van der Waals surface area contributed by atoms with Gasteiger partial charge in [0, 0.05) is 68.7 Å². The normalized spacial score (nSPS) is 15.0. The number of imidazole rings is 1. The van der Waals surface area contributed by atoms with E-state index in [4.69, 9.17) is 0 Å². The summed E-state index contributed by atoms with van der Waals surface area (Å²) in [6.07, 6.45) is -1.12. The number of aromatic nitrogens is 2. The Kier molecular flexibility index (Phi) is 6.75. The van der Waals surface area contributed by atoms with Gasteiger partial charge in [-0.05, 0) is 35.9 Å². The molecule has 0 spiro atoms. The van der Waals surface area contributed by atoms with Gasteiger partial charge in [-0.15, -0.1) is 0 Å². The van der Waals surface area contributed by atoms with Crippen LogP contribution in [0.5, 0.6) is 0 Å². The van der Waals surface area contributed by atoms with E-state index in [9.17, 15) is 28.1 Å². The van der Waals surface area contributed by atoms with Crippen molar-refractivity contribution in [2.24, 2.45) is 0 Å². The molecule has 0 aliphatic carbocycles. The molecule has 196 valence electrons. The molecule has 11 heteroatoms. The molecule has 0 bridgehead atoms. The SMILES string of the molecule is O=C(CC(c1cccc(C(F)(F)F)c1)c1cnc2ccccn12)N1CCN(c2ccc([N+](=O)[O-])cc2)CC1. The number of fused-ring (bicyclic) bond motifs is 1. The maximum Gasteiger partial charge on any atom is 0.416 e. The number of nitro groups is 1. The van der Waals surface area contributed by atoms with Gasteiger partial charge in [0.05, 0.1) is 16.2 Å². The Morgan fingerprint density at radius 2 is 1.74 bits per heavy atom. The Bertz CT molecular complexity index is 1460. The zero-order chi connectivity index (χ0) is 26.9. The minimum absolute atomic E-state index is 0.00981. The first-order valence-corrected chi connectivity index (χ1v) is 12.1. The molecule has 0 radical (unpaired) electrons. The molecule has 5 rings (SSSR count). The van der Waals surface area contributed by atoms with Crippen LogP contribution >= 0.6 is 0 Å². The van der Waals surface area contributed by atoms with E-state index in [0.29, 0.717) is 43.1 Å². The van der Waals surface area contributed by atoms with Gasteiger partial charge in [0.15, 0.2) is 0 Å². The standard InChI is InChI=1S/C27H24F3N5O3/c28-27(29,30)20-5-3-4-19(16-20)23(24-18-31-25-6-1-2-11-34(24)25)17-26(36)33-14-12-32(13-15-33)21-7-9-22(10-8-21)35(37)38/h1-11,16,18,23H,12-15,17H2. The highest BCUT2D eigenvalue weighted by atomic mass is 19.4. The van der Waals surface area contributed by atoms with Gasteiger partial charge < -0.3 is 14.2 Å². The number of nitrogens with zero attached hydrogens (tertiary/aromatic N) is 5. The number of anilines is 1. The van der Waals surface area contributed by atoms with Crippen LogP contribution in [0.2, 0.25) is 0 Å². The topological polar surface area (TPSA) is 84.0 Å². The van der Waals surface area contributed by atoms with Gasteiger partial charge in [0.2, 0.25) is 5.91 Å². The molecule has 1 atom stereocenters. The lowest BCUT2D eigenvalue weighted by molar-refractivity contribution is -0.384. The van der Waals surface area contributed by atoms with Crippen molar-refractivity contribution in [3.63, 3.8) is 0 Å². The van der Waals surface area contributed by atoms with Crippen molar-refractivity contribution in [1.29, 1.82) is 0 Å². The number of alkyl halides is 3. The fourth-order valence-corrected chi connectivity index (χ4v) is 4.84. The molecule has 1 amide bonds. The molecular formula is C27H24F3N5O3. The van der Waals surface area contributed by atoms with Gasteiger partial charge in [-0.2, -0.15) is 13.2 Å². The third-order valence-electron chi connectivity index (χ3n) is 6.86. The largest absolute Gasteiger partial charge is 0.416 e. The molecule has 1 aliphatic heterocycles. The zero-order valence-electron chi connectivity index (χ0n) is 20.2. The van der Waals surface area contributed by atoms with Crippen molar-refractivity contribution in [2.75, 3.05) is 31.1 Å². The summed E-state index contributed by atoms with van der Waals surface area (Å²) in [7, 11) is 0. The predicted octanol–water partition coefficient (Wildman–Crippen LogP) is 5.13. The van der Waals surface area contributed by atoms with Crippen LogP contribution in [0.1, 0.15) is 29.2 Å². The van der Waals surface area contributed by atoms with E-state index in [-0.39, 0.29) is 18.0 Å². The summed E-state index contributed by atoms with van der Waals surface area (Å²) in [5, 5.41) is 10.9. The third-order valence-corrected chi connectivity index (χ3v) is 6.86. The highest BCUT2D eigenvalue weighted by Crippen LogP contribution is 2.35. The minimum atomic E-state index is -4.50. The first-order chi connectivity index (χ1) is 18.2. The quantitative estimate of drug-likeness (QED) is 0.258. The van der Waals surface area contributed by atoms with E-state index in [1.807, 2.05) is 11.0 Å². The monoisotopic (exact) mass is 523 g/mol. The Morgan fingerprint density at radius 3 is 2.42 bits per heavy atom. The van der Waals surface area contributed by atoms with Crippen LogP contribution in [0, 0.1) is 10.1 Å². The van der Waals surface area contributed by atoms with Crippen molar-refractivity contribution in [2.45, 2.75) is 18.5 Å². The number of rotatable bonds is 6. The van der Waals surface area contributed by atoms with Crippen LogP contribution < -0.4 is 4.90 Å². The van der Waals surface area contributed by atoms with E-state index in [1.165, 1.54) is 18.2 Å². The van der Waals surface area contributed by atoms with Crippen LogP contribution in [-0.2, 0) is 11.0 Å². The summed E-state index contributed by atoms with van der Waals surface area (Å²) in [5.41, 5.74) is 1.74. The van der Waals surface area contributed by atoms with E-state index >= 15 is 0 Å². The molecule has 1 aliphatic rings. The van der Waals surface area contributed by atoms with Crippen molar-refractivity contribution in [1.82, 2.24) is 14.3 Å². The van der Waals surface area contributed by atoms with Gasteiger partial charge in [-0.3, -0.25) is 14.9 Å². The molecule has 2 aromatic carbocycles. The number of hydrogen-bond acceptors (Lipinski definition) is 5. The second-order valence-electron chi connectivity index (χ2n) is 9.13. The number of halogens is 3. The van der Waals surface area contributed by atoms with Gasteiger partial charge in [0.1, 0.15) is 5.65 Å². The molecule has 8 nitrogen and oxygen atoms in total. The van der Waals surface area contributed by atoms with Crippen LogP contribution in [0.3, 0.4) is 0 Å². The number of carbonyl (C=O) groups excluding carboxylic acids is 1. The second kappa shape index (κ2) is 10.2. The number of piperazine rings is 1. The lowest BCUT2D eigenvalue weighted by atomic mass is 9.90. The number of pyridine rings is 1. The first kappa shape index (κ1) is 25.2. The molecule has 38 heavy (non-hydrogen) atoms. The number of amides is 1. The Labute approximate surface area is 216 Å². The Balaban J connectivity index is 1.36. The molecular weight excluding hydrogens is 499 g/mol. The van der Waals surface area contributed by atoms with Crippen molar-refractivity contribution < 1.29 is 22.9 Å². The van der Waals surface area contributed by atoms with Gasteiger partial charge >= 0.3 is 6.18 Å². The summed E-state index contributed by atoms with van der Waals surface area (Å²) < 4.78 is 42.3. The van der Waals surface area contributed by atoms with E-state index in [1.54, 1.807) is 52.0 Å². The summed E-state index contributed by atoms with van der Waals surface area (Å²) >= 11 is 0. The van der Waals surface area contributed by atoms with Gasteiger partial charge in [-0.25, -0.2) is 4.98 Å². The number of hydrogen-bond donors (Lipinski definition) is 0. The van der Waals surface area contributed by atoms with Crippen molar-refractivity contribution in [3.8, 4) is 0 Å². The van der Waals surface area contributed by atoms with Crippen LogP contribution in [0.4, 0.5) is 24.5 Å². The predicted molar refractivity (Wildman–Crippen MR) is 135 cm³/mol. The van der Waals surface area contributed by atoms with E-state index in [2.05, 4.69) is 4.98 Å². The van der Waals surface area contributed by atoms with E-state index < -0.39 is 22.6 Å². The average Bonchev–Trinajstić information content (AvgIpc) is 3.35. The summed E-state index contributed by atoms with van der Waals surface area (Å²) in [5.74, 6) is -0.795. The maximum atomic E-state index is 13.5. The highest BCUT2D eigenvalue weighted by Gasteiger charge is 2.33. The summed E-state index contributed by atoms with van der Waals surface area (Å²) in [4.78, 5) is 32.0. The van der Waals surface area contributed by atoms with Crippen molar-refractivity contribution >= 4 is 22.9 Å².